The SMILES string of the molecule is Cc1cnc(Cl)cc1-n1c(C2CC2)cc(O)cc1=O. The molecule has 19 heavy (non-hydrogen) atoms. The van der Waals surface area contributed by atoms with Crippen molar-refractivity contribution in [2.75, 3.05) is 0 Å². The fourth-order valence-corrected chi connectivity index (χ4v) is 2.39. The molecule has 5 heteroatoms. The van der Waals surface area contributed by atoms with Crippen LogP contribution in [0.4, 0.5) is 0 Å². The third-order valence-electron chi connectivity index (χ3n) is 3.32. The number of rotatable bonds is 2. The zero-order valence-corrected chi connectivity index (χ0v) is 11.2. The summed E-state index contributed by atoms with van der Waals surface area (Å²) in [6.45, 7) is 1.88. The Morgan fingerprint density at radius 3 is 2.79 bits per heavy atom. The first-order chi connectivity index (χ1) is 9.06. The zero-order chi connectivity index (χ0) is 13.6. The molecule has 1 N–H and O–H groups in total. The van der Waals surface area contributed by atoms with Crippen LogP contribution in [-0.2, 0) is 0 Å². The standard InChI is InChI=1S/C14H13ClN2O2/c1-8-7-16-13(15)6-11(8)17-12(9-2-3-9)4-10(18)5-14(17)19/h4-7,9,18H,2-3H2,1H3. The summed E-state index contributed by atoms with van der Waals surface area (Å²) >= 11 is 5.92. The van der Waals surface area contributed by atoms with E-state index in [-0.39, 0.29) is 11.3 Å². The van der Waals surface area contributed by atoms with Gasteiger partial charge in [-0.25, -0.2) is 4.98 Å². The van der Waals surface area contributed by atoms with Crippen LogP contribution in [0.25, 0.3) is 5.69 Å². The third kappa shape index (κ3) is 2.24. The van der Waals surface area contributed by atoms with Crippen LogP contribution in [-0.4, -0.2) is 14.7 Å². The van der Waals surface area contributed by atoms with Crippen molar-refractivity contribution in [1.82, 2.24) is 9.55 Å². The van der Waals surface area contributed by atoms with Crippen molar-refractivity contribution in [1.29, 1.82) is 0 Å². The highest BCUT2D eigenvalue weighted by molar-refractivity contribution is 6.29. The summed E-state index contributed by atoms with van der Waals surface area (Å²) in [6.07, 6.45) is 3.73. The molecule has 2 aromatic heterocycles. The average molecular weight is 277 g/mol. The summed E-state index contributed by atoms with van der Waals surface area (Å²) in [5.41, 5.74) is 2.20. The molecule has 1 fully saturated rings. The van der Waals surface area contributed by atoms with E-state index in [1.54, 1.807) is 22.9 Å². The number of aromatic nitrogens is 2. The van der Waals surface area contributed by atoms with E-state index < -0.39 is 0 Å². The Morgan fingerprint density at radius 2 is 2.11 bits per heavy atom. The quantitative estimate of drug-likeness (QED) is 0.858. The Kier molecular flexibility index (Phi) is 2.82. The van der Waals surface area contributed by atoms with Crippen molar-refractivity contribution in [3.63, 3.8) is 0 Å². The van der Waals surface area contributed by atoms with Crippen LogP contribution in [0.3, 0.4) is 0 Å². The zero-order valence-electron chi connectivity index (χ0n) is 10.4. The van der Waals surface area contributed by atoms with Crippen molar-refractivity contribution in [3.8, 4) is 11.4 Å². The van der Waals surface area contributed by atoms with Crippen molar-refractivity contribution in [3.05, 3.63) is 51.2 Å². The van der Waals surface area contributed by atoms with Crippen LogP contribution in [0, 0.1) is 6.92 Å². The van der Waals surface area contributed by atoms with Crippen LogP contribution in [0.5, 0.6) is 5.75 Å². The molecule has 0 saturated heterocycles. The summed E-state index contributed by atoms with van der Waals surface area (Å²) in [5.74, 6) is 0.354. The molecule has 1 aliphatic carbocycles. The lowest BCUT2D eigenvalue weighted by atomic mass is 10.2. The van der Waals surface area contributed by atoms with Gasteiger partial charge in [0.25, 0.3) is 5.56 Å². The number of halogens is 1. The highest BCUT2D eigenvalue weighted by Gasteiger charge is 2.28. The molecule has 0 bridgehead atoms. The van der Waals surface area contributed by atoms with E-state index in [0.717, 1.165) is 29.8 Å². The maximum atomic E-state index is 12.2. The molecule has 0 atom stereocenters. The molecule has 2 heterocycles. The Labute approximate surface area is 115 Å². The lowest BCUT2D eigenvalue weighted by Gasteiger charge is -2.15. The van der Waals surface area contributed by atoms with E-state index in [1.807, 2.05) is 6.92 Å². The minimum Gasteiger partial charge on any atom is -0.508 e. The molecule has 0 radical (unpaired) electrons. The van der Waals surface area contributed by atoms with Crippen LogP contribution < -0.4 is 5.56 Å². The van der Waals surface area contributed by atoms with Gasteiger partial charge in [0.05, 0.1) is 5.69 Å². The number of pyridine rings is 2. The van der Waals surface area contributed by atoms with Gasteiger partial charge in [-0.1, -0.05) is 11.6 Å². The fraction of sp³-hybridized carbons (Fsp3) is 0.286. The summed E-state index contributed by atoms with van der Waals surface area (Å²) < 4.78 is 1.63. The molecular weight excluding hydrogens is 264 g/mol. The molecule has 0 spiro atoms. The Morgan fingerprint density at radius 1 is 1.37 bits per heavy atom. The summed E-state index contributed by atoms with van der Waals surface area (Å²) in [4.78, 5) is 16.2. The predicted octanol–water partition coefficient (Wildman–Crippen LogP) is 2.78. The molecule has 1 saturated carbocycles. The first-order valence-corrected chi connectivity index (χ1v) is 6.52. The molecule has 4 nitrogen and oxygen atoms in total. The average Bonchev–Trinajstić information content (AvgIpc) is 3.16. The van der Waals surface area contributed by atoms with Gasteiger partial charge in [0.15, 0.2) is 0 Å². The second-order valence-electron chi connectivity index (χ2n) is 4.88. The smallest absolute Gasteiger partial charge is 0.259 e. The summed E-state index contributed by atoms with van der Waals surface area (Å²) in [7, 11) is 0. The summed E-state index contributed by atoms with van der Waals surface area (Å²) in [5, 5.41) is 9.96. The van der Waals surface area contributed by atoms with Gasteiger partial charge >= 0.3 is 0 Å². The van der Waals surface area contributed by atoms with Crippen molar-refractivity contribution < 1.29 is 5.11 Å². The first-order valence-electron chi connectivity index (χ1n) is 6.15. The fourth-order valence-electron chi connectivity index (χ4n) is 2.24. The van der Waals surface area contributed by atoms with Crippen LogP contribution >= 0.6 is 11.6 Å². The third-order valence-corrected chi connectivity index (χ3v) is 3.53. The topological polar surface area (TPSA) is 55.1 Å². The molecule has 3 rings (SSSR count). The summed E-state index contributed by atoms with van der Waals surface area (Å²) in [6, 6.07) is 4.56. The van der Waals surface area contributed by atoms with Crippen molar-refractivity contribution >= 4 is 11.6 Å². The van der Waals surface area contributed by atoms with Gasteiger partial charge < -0.3 is 5.11 Å². The van der Waals surface area contributed by atoms with Gasteiger partial charge in [-0.05, 0) is 37.3 Å². The highest BCUT2D eigenvalue weighted by atomic mass is 35.5. The molecule has 2 aromatic rings. The molecular formula is C14H13ClN2O2. The van der Waals surface area contributed by atoms with Crippen LogP contribution in [0.2, 0.25) is 5.15 Å². The molecule has 0 unspecified atom stereocenters. The molecule has 98 valence electrons. The number of nitrogens with zero attached hydrogens (tertiary/aromatic N) is 2. The molecule has 0 amide bonds. The Bertz CT molecular complexity index is 705. The number of hydrogen-bond acceptors (Lipinski definition) is 3. The normalized spacial score (nSPS) is 14.6. The Balaban J connectivity index is 2.29. The van der Waals surface area contributed by atoms with E-state index in [1.165, 1.54) is 6.07 Å². The second-order valence-corrected chi connectivity index (χ2v) is 5.27. The van der Waals surface area contributed by atoms with Crippen molar-refractivity contribution in [2.24, 2.45) is 0 Å². The Hall–Kier alpha value is -1.81. The minimum atomic E-state index is -0.243. The van der Waals surface area contributed by atoms with Gasteiger partial charge in [-0.2, -0.15) is 0 Å². The monoisotopic (exact) mass is 276 g/mol. The van der Waals surface area contributed by atoms with Gasteiger partial charge in [0, 0.05) is 24.0 Å². The van der Waals surface area contributed by atoms with Gasteiger partial charge in [0.2, 0.25) is 0 Å². The van der Waals surface area contributed by atoms with E-state index in [0.29, 0.717) is 11.1 Å². The van der Waals surface area contributed by atoms with Gasteiger partial charge in [-0.15, -0.1) is 0 Å². The van der Waals surface area contributed by atoms with Gasteiger partial charge in [-0.3, -0.25) is 9.36 Å². The number of aromatic hydroxyl groups is 1. The van der Waals surface area contributed by atoms with Gasteiger partial charge in [0.1, 0.15) is 10.9 Å². The second kappa shape index (κ2) is 4.38. The lowest BCUT2D eigenvalue weighted by Crippen LogP contribution is -2.21. The van der Waals surface area contributed by atoms with E-state index in [2.05, 4.69) is 4.98 Å². The van der Waals surface area contributed by atoms with E-state index >= 15 is 0 Å². The van der Waals surface area contributed by atoms with E-state index in [4.69, 9.17) is 11.6 Å². The number of aryl methyl sites for hydroxylation is 1. The minimum absolute atomic E-state index is 0.0148. The first kappa shape index (κ1) is 12.2. The van der Waals surface area contributed by atoms with Crippen molar-refractivity contribution in [2.45, 2.75) is 25.7 Å². The van der Waals surface area contributed by atoms with E-state index in [9.17, 15) is 9.90 Å². The largest absolute Gasteiger partial charge is 0.508 e. The lowest BCUT2D eigenvalue weighted by molar-refractivity contribution is 0.471. The molecule has 1 aliphatic rings. The van der Waals surface area contributed by atoms with Crippen LogP contribution in [0.1, 0.15) is 30.0 Å². The maximum absolute atomic E-state index is 12.2. The van der Waals surface area contributed by atoms with Crippen LogP contribution in [0.15, 0.2) is 29.2 Å². The molecule has 0 aliphatic heterocycles. The highest BCUT2D eigenvalue weighted by Crippen LogP contribution is 2.41. The molecule has 0 aromatic carbocycles. The predicted molar refractivity (Wildman–Crippen MR) is 73.2 cm³/mol. The maximum Gasteiger partial charge on any atom is 0.259 e. The number of hydrogen-bond donors (Lipinski definition) is 1.